The minimum absolute atomic E-state index is 0.0294. The van der Waals surface area contributed by atoms with Gasteiger partial charge in [0.1, 0.15) is 18.6 Å². The number of aromatic amines is 1. The summed E-state index contributed by atoms with van der Waals surface area (Å²) in [6.07, 6.45) is 13.5. The summed E-state index contributed by atoms with van der Waals surface area (Å²) in [4.78, 5) is 51.4. The number of carbonyl (C=O) groups is 4. The number of ether oxygens (including phenoxy) is 1. The predicted octanol–water partition coefficient (Wildman–Crippen LogP) is 7.55. The number of aromatic nitrogens is 1. The Kier molecular flexibility index (Phi) is 18.9. The lowest BCUT2D eigenvalue weighted by Crippen LogP contribution is -2.43. The Labute approximate surface area is 296 Å². The Hall–Kier alpha value is -2.96. The van der Waals surface area contributed by atoms with Crippen LogP contribution in [0.15, 0.2) is 24.3 Å². The Balaban J connectivity index is 0.000000321. The number of H-pyrrole nitrogens is 1. The number of alkyl carbamates (subject to hydrolysis) is 1. The SMILES string of the molecule is CCC(C=O)CCCC(CF)NC(=O)OC(C)(C)C.CN1CCC(C2CCCCC2)C1C(=O)Nc1ccc2[nH]c(C=O)cc2c1.CNSC. The number of rotatable bonds is 13. The van der Waals surface area contributed by atoms with E-state index in [1.807, 2.05) is 44.5 Å². The van der Waals surface area contributed by atoms with E-state index in [9.17, 15) is 23.6 Å². The first-order chi connectivity index (χ1) is 23.4. The number of carbonyl (C=O) groups excluding carboxylic acids is 4. The number of likely N-dealkylation sites (N-methyl/N-ethyl adjacent to an activating group) is 1. The lowest BCUT2D eigenvalue weighted by molar-refractivity contribution is -0.121. The molecule has 10 nitrogen and oxygen atoms in total. The van der Waals surface area contributed by atoms with E-state index in [2.05, 4.69) is 32.3 Å². The number of alkyl halides is 1. The van der Waals surface area contributed by atoms with Crippen molar-refractivity contribution in [3.8, 4) is 0 Å². The van der Waals surface area contributed by atoms with Crippen molar-refractivity contribution in [2.24, 2.45) is 17.8 Å². The maximum atomic E-state index is 13.1. The number of benzene rings is 1. The molecule has 0 radical (unpaired) electrons. The molecular formula is C37H60FN5O5S. The number of aldehydes is 2. The van der Waals surface area contributed by atoms with E-state index in [0.29, 0.717) is 30.4 Å². The Morgan fingerprint density at radius 2 is 1.82 bits per heavy atom. The molecule has 1 aromatic carbocycles. The number of hydrogen-bond donors (Lipinski definition) is 4. The van der Waals surface area contributed by atoms with Crippen LogP contribution in [0.1, 0.15) is 102 Å². The number of nitrogens with zero attached hydrogens (tertiary/aromatic N) is 1. The summed E-state index contributed by atoms with van der Waals surface area (Å²) in [5.41, 5.74) is 1.66. The molecule has 12 heteroatoms. The molecule has 1 saturated heterocycles. The highest BCUT2D eigenvalue weighted by Gasteiger charge is 2.41. The van der Waals surface area contributed by atoms with Gasteiger partial charge in [-0.3, -0.25) is 19.2 Å². The van der Waals surface area contributed by atoms with Gasteiger partial charge in [-0.05, 0) is 109 Å². The van der Waals surface area contributed by atoms with Crippen molar-refractivity contribution >= 4 is 53.1 Å². The van der Waals surface area contributed by atoms with Crippen LogP contribution in [0.2, 0.25) is 0 Å². The van der Waals surface area contributed by atoms with Crippen LogP contribution >= 0.6 is 11.9 Å². The lowest BCUT2D eigenvalue weighted by atomic mass is 9.76. The van der Waals surface area contributed by atoms with E-state index in [1.165, 1.54) is 32.1 Å². The molecule has 4 atom stereocenters. The molecule has 49 heavy (non-hydrogen) atoms. The maximum absolute atomic E-state index is 13.1. The topological polar surface area (TPSA) is 133 Å². The predicted molar refractivity (Wildman–Crippen MR) is 199 cm³/mol. The highest BCUT2D eigenvalue weighted by molar-refractivity contribution is 7.96. The van der Waals surface area contributed by atoms with E-state index in [1.54, 1.807) is 32.7 Å². The van der Waals surface area contributed by atoms with E-state index in [-0.39, 0.29) is 17.9 Å². The van der Waals surface area contributed by atoms with Crippen LogP contribution in [0.25, 0.3) is 10.9 Å². The molecule has 2 heterocycles. The molecule has 1 saturated carbocycles. The highest BCUT2D eigenvalue weighted by Crippen LogP contribution is 2.38. The molecule has 4 unspecified atom stereocenters. The van der Waals surface area contributed by atoms with Crippen LogP contribution in [0.5, 0.6) is 0 Å². The third-order valence-corrected chi connectivity index (χ3v) is 9.62. The number of fused-ring (bicyclic) bond motifs is 1. The van der Waals surface area contributed by atoms with Gasteiger partial charge < -0.3 is 25.1 Å². The van der Waals surface area contributed by atoms with Crippen LogP contribution in [0.4, 0.5) is 14.9 Å². The molecule has 4 rings (SSSR count). The van der Waals surface area contributed by atoms with Gasteiger partial charge in [0.25, 0.3) is 0 Å². The molecule has 1 aliphatic heterocycles. The number of nitrogens with one attached hydrogen (secondary N) is 4. The molecule has 0 spiro atoms. The summed E-state index contributed by atoms with van der Waals surface area (Å²) in [6.45, 7) is 7.59. The average Bonchev–Trinajstić information content (AvgIpc) is 3.69. The van der Waals surface area contributed by atoms with Gasteiger partial charge in [-0.2, -0.15) is 0 Å². The van der Waals surface area contributed by atoms with Crippen LogP contribution in [-0.2, 0) is 14.3 Å². The minimum Gasteiger partial charge on any atom is -0.444 e. The molecule has 2 aliphatic rings. The second kappa shape index (κ2) is 22.0. The standard InChI is InChI=1S/C21H27N3O2.C14H26FNO3.C2H7NS/c1-24-10-9-18(14-5-3-2-4-6-14)20(24)21(26)23-16-7-8-19-15(11-16)12-17(13-25)22-19;1-5-11(10-17)7-6-8-12(9-15)16-13(18)19-14(2,3)4;1-3-4-2/h7-8,11-14,18,20,22H,2-6,9-10H2,1H3,(H,23,26);10-12H,5-9H2,1-4H3,(H,16,18);3H,1-2H3. The average molecular weight is 706 g/mol. The first-order valence-corrected chi connectivity index (χ1v) is 18.9. The monoisotopic (exact) mass is 705 g/mol. The van der Waals surface area contributed by atoms with Gasteiger partial charge in [0.05, 0.1) is 17.8 Å². The van der Waals surface area contributed by atoms with Crippen LogP contribution in [-0.4, -0.2) is 85.7 Å². The number of hydrogen-bond acceptors (Lipinski definition) is 8. The van der Waals surface area contributed by atoms with Crippen molar-refractivity contribution in [2.45, 2.75) is 110 Å². The third-order valence-electron chi connectivity index (χ3n) is 9.21. The van der Waals surface area contributed by atoms with Crippen molar-refractivity contribution in [2.75, 3.05) is 38.9 Å². The maximum Gasteiger partial charge on any atom is 0.407 e. The zero-order chi connectivity index (χ0) is 36.4. The van der Waals surface area contributed by atoms with Crippen LogP contribution in [0.3, 0.4) is 0 Å². The summed E-state index contributed by atoms with van der Waals surface area (Å²) < 4.78 is 20.7. The van der Waals surface area contributed by atoms with Gasteiger partial charge in [0, 0.05) is 22.5 Å². The zero-order valence-electron chi connectivity index (χ0n) is 30.6. The van der Waals surface area contributed by atoms with E-state index < -0.39 is 24.4 Å². The molecule has 276 valence electrons. The number of amides is 2. The smallest absolute Gasteiger partial charge is 0.407 e. The lowest BCUT2D eigenvalue weighted by Gasteiger charge is -2.32. The van der Waals surface area contributed by atoms with Gasteiger partial charge >= 0.3 is 6.09 Å². The molecule has 1 aromatic heterocycles. The molecule has 4 N–H and O–H groups in total. The minimum atomic E-state index is -0.628. The molecule has 0 bridgehead atoms. The Morgan fingerprint density at radius 1 is 1.12 bits per heavy atom. The molecule has 2 aromatic rings. The fourth-order valence-corrected chi connectivity index (χ4v) is 6.60. The second-order valence-electron chi connectivity index (χ2n) is 14.1. The summed E-state index contributed by atoms with van der Waals surface area (Å²) in [5, 5.41) is 6.57. The molecular weight excluding hydrogens is 646 g/mol. The normalized spacial score (nSPS) is 19.4. The largest absolute Gasteiger partial charge is 0.444 e. The van der Waals surface area contributed by atoms with Crippen molar-refractivity contribution in [1.82, 2.24) is 19.9 Å². The number of halogens is 1. The second-order valence-corrected chi connectivity index (χ2v) is 14.9. The van der Waals surface area contributed by atoms with Gasteiger partial charge in [-0.25, -0.2) is 9.18 Å². The van der Waals surface area contributed by atoms with Gasteiger partial charge in [0.15, 0.2) is 6.29 Å². The van der Waals surface area contributed by atoms with Crippen molar-refractivity contribution in [3.63, 3.8) is 0 Å². The number of likely N-dealkylation sites (tertiary alicyclic amines) is 1. The first-order valence-electron chi connectivity index (χ1n) is 17.7. The molecule has 2 amide bonds. The zero-order valence-corrected chi connectivity index (χ0v) is 31.4. The Morgan fingerprint density at radius 3 is 2.39 bits per heavy atom. The van der Waals surface area contributed by atoms with Gasteiger partial charge in [-0.15, -0.1) is 0 Å². The fraction of sp³-hybridized carbons (Fsp3) is 0.676. The van der Waals surface area contributed by atoms with E-state index >= 15 is 0 Å². The Bertz CT molecular complexity index is 1290. The van der Waals surface area contributed by atoms with Crippen molar-refractivity contribution < 1.29 is 28.3 Å². The van der Waals surface area contributed by atoms with Crippen LogP contribution < -0.4 is 15.4 Å². The van der Waals surface area contributed by atoms with E-state index in [4.69, 9.17) is 4.74 Å². The highest BCUT2D eigenvalue weighted by atomic mass is 32.2. The summed E-state index contributed by atoms with van der Waals surface area (Å²) >= 11 is 1.61. The van der Waals surface area contributed by atoms with Gasteiger partial charge in [-0.1, -0.05) is 57.4 Å². The third kappa shape index (κ3) is 14.8. The summed E-state index contributed by atoms with van der Waals surface area (Å²) in [5.74, 6) is 1.29. The quantitative estimate of drug-likeness (QED) is 0.124. The summed E-state index contributed by atoms with van der Waals surface area (Å²) in [6, 6.07) is 6.97. The van der Waals surface area contributed by atoms with Crippen molar-refractivity contribution in [3.05, 3.63) is 30.0 Å². The summed E-state index contributed by atoms with van der Waals surface area (Å²) in [7, 11) is 3.96. The fourth-order valence-electron chi connectivity index (χ4n) is 6.60. The molecule has 2 fully saturated rings. The van der Waals surface area contributed by atoms with E-state index in [0.717, 1.165) is 55.0 Å². The van der Waals surface area contributed by atoms with Crippen molar-refractivity contribution in [1.29, 1.82) is 0 Å². The van der Waals surface area contributed by atoms with Crippen LogP contribution in [0, 0.1) is 17.8 Å². The number of anilines is 1. The van der Waals surface area contributed by atoms with Gasteiger partial charge in [0.2, 0.25) is 5.91 Å². The molecule has 1 aliphatic carbocycles. The first kappa shape index (κ1) is 42.2.